The third kappa shape index (κ3) is 4.79. The van der Waals surface area contributed by atoms with E-state index in [1.54, 1.807) is 48.5 Å². The predicted octanol–water partition coefficient (Wildman–Crippen LogP) is 4.64. The van der Waals surface area contributed by atoms with Crippen LogP contribution < -0.4 is 5.32 Å². The van der Waals surface area contributed by atoms with E-state index >= 15 is 0 Å². The number of para-hydroxylation sites is 2. The first-order valence-corrected chi connectivity index (χ1v) is 9.97. The van der Waals surface area contributed by atoms with Crippen molar-refractivity contribution < 1.29 is 23.1 Å². The third-order valence-corrected chi connectivity index (χ3v) is 4.97. The molecule has 0 radical (unpaired) electrons. The second kappa shape index (κ2) is 8.67. The first-order valence-electron chi connectivity index (χ1n) is 9.97. The van der Waals surface area contributed by atoms with Crippen LogP contribution in [0.4, 0.5) is 8.78 Å². The quantitative estimate of drug-likeness (QED) is 0.442. The summed E-state index contributed by atoms with van der Waals surface area (Å²) in [5.74, 6) is -0.826. The van der Waals surface area contributed by atoms with E-state index in [2.05, 4.69) is 10.3 Å². The van der Waals surface area contributed by atoms with Crippen molar-refractivity contribution in [3.63, 3.8) is 0 Å². The van der Waals surface area contributed by atoms with Crippen molar-refractivity contribution >= 4 is 29.0 Å². The van der Waals surface area contributed by atoms with Gasteiger partial charge in [-0.2, -0.15) is 8.78 Å². The summed E-state index contributed by atoms with van der Waals surface area (Å²) in [5.41, 5.74) is 1.93. The van der Waals surface area contributed by atoms with E-state index in [-0.39, 0.29) is 23.3 Å². The Morgan fingerprint density at radius 2 is 1.87 bits per heavy atom. The molecule has 8 heteroatoms. The largest absolute Gasteiger partial charge is 0.451 e. The van der Waals surface area contributed by atoms with Crippen LogP contribution in [0.1, 0.15) is 54.2 Å². The minimum absolute atomic E-state index is 0.0241. The van der Waals surface area contributed by atoms with Gasteiger partial charge in [-0.25, -0.2) is 9.78 Å². The number of carbonyl (C=O) groups is 2. The van der Waals surface area contributed by atoms with Crippen LogP contribution >= 0.6 is 0 Å². The second-order valence-electron chi connectivity index (χ2n) is 7.39. The molecule has 1 aromatic heterocycles. The number of nitrogens with zero attached hydrogens (tertiary/aromatic N) is 2. The summed E-state index contributed by atoms with van der Waals surface area (Å²) in [7, 11) is 0. The zero-order valence-electron chi connectivity index (χ0n) is 16.8. The first kappa shape index (κ1) is 20.7. The van der Waals surface area contributed by atoms with Crippen molar-refractivity contribution in [2.75, 3.05) is 0 Å². The highest BCUT2D eigenvalue weighted by Crippen LogP contribution is 2.28. The van der Waals surface area contributed by atoms with Crippen molar-refractivity contribution in [3.05, 3.63) is 71.6 Å². The Morgan fingerprint density at radius 3 is 2.55 bits per heavy atom. The predicted molar refractivity (Wildman–Crippen MR) is 111 cm³/mol. The van der Waals surface area contributed by atoms with E-state index < -0.39 is 18.6 Å². The molecule has 0 bridgehead atoms. The van der Waals surface area contributed by atoms with Gasteiger partial charge in [0.1, 0.15) is 0 Å². The van der Waals surface area contributed by atoms with E-state index in [9.17, 15) is 18.4 Å². The minimum Gasteiger partial charge on any atom is -0.451 e. The Kier molecular flexibility index (Phi) is 5.79. The van der Waals surface area contributed by atoms with E-state index in [0.717, 1.165) is 17.4 Å². The number of halogens is 2. The van der Waals surface area contributed by atoms with Crippen molar-refractivity contribution in [1.29, 1.82) is 0 Å². The molecule has 1 heterocycles. The molecular formula is C23H21F2N3O3. The van der Waals surface area contributed by atoms with Crippen LogP contribution in [0, 0.1) is 0 Å². The molecule has 0 aliphatic heterocycles. The molecule has 6 nitrogen and oxygen atoms in total. The van der Waals surface area contributed by atoms with Crippen molar-refractivity contribution in [2.24, 2.45) is 0 Å². The van der Waals surface area contributed by atoms with Gasteiger partial charge in [0.2, 0.25) is 0 Å². The summed E-state index contributed by atoms with van der Waals surface area (Å²) >= 11 is 0. The standard InChI is InChI=1S/C23H21F2N3O3/c1-14(21-27-18-4-2-3-5-19(18)28(21)23(24)25)31-20(29)13-8-15-6-9-16(10-7-15)22(30)26-17-11-12-17/h2-10,13-14,17,23H,11-12H2,1H3,(H,26,30)/b13-8+. The van der Waals surface area contributed by atoms with Crippen LogP contribution in [-0.4, -0.2) is 27.5 Å². The normalized spacial score (nSPS) is 14.8. The Morgan fingerprint density at radius 1 is 1.16 bits per heavy atom. The number of ether oxygens (including phenoxy) is 1. The number of rotatable bonds is 7. The van der Waals surface area contributed by atoms with Crippen LogP contribution in [-0.2, 0) is 9.53 Å². The summed E-state index contributed by atoms with van der Waals surface area (Å²) < 4.78 is 33.2. The number of hydrogen-bond donors (Lipinski definition) is 1. The molecule has 0 spiro atoms. The number of nitrogens with one attached hydrogen (secondary N) is 1. The fourth-order valence-electron chi connectivity index (χ4n) is 3.23. The van der Waals surface area contributed by atoms with Gasteiger partial charge in [0, 0.05) is 17.7 Å². The maximum Gasteiger partial charge on any atom is 0.331 e. The molecule has 1 aliphatic rings. The molecule has 3 aromatic rings. The van der Waals surface area contributed by atoms with Crippen LogP contribution in [0.3, 0.4) is 0 Å². The third-order valence-electron chi connectivity index (χ3n) is 4.97. The highest BCUT2D eigenvalue weighted by molar-refractivity contribution is 5.95. The molecule has 1 aliphatic carbocycles. The van der Waals surface area contributed by atoms with Gasteiger partial charge in [0.25, 0.3) is 5.91 Å². The number of fused-ring (bicyclic) bond motifs is 1. The van der Waals surface area contributed by atoms with E-state index in [1.165, 1.54) is 19.1 Å². The van der Waals surface area contributed by atoms with Crippen molar-refractivity contribution in [3.8, 4) is 0 Å². The molecule has 1 saturated carbocycles. The Balaban J connectivity index is 1.41. The molecule has 160 valence electrons. The average Bonchev–Trinajstić information content (AvgIpc) is 3.47. The average molecular weight is 425 g/mol. The summed E-state index contributed by atoms with van der Waals surface area (Å²) in [6.45, 7) is -1.31. The number of hydrogen-bond acceptors (Lipinski definition) is 4. The van der Waals surface area contributed by atoms with Gasteiger partial charge >= 0.3 is 12.5 Å². The number of aromatic nitrogens is 2. The summed E-state index contributed by atoms with van der Waals surface area (Å²) in [4.78, 5) is 28.4. The Labute approximate surface area is 177 Å². The number of benzene rings is 2. The number of alkyl halides is 2. The van der Waals surface area contributed by atoms with Gasteiger partial charge in [-0.05, 0) is 55.7 Å². The number of esters is 1. The number of amides is 1. The smallest absolute Gasteiger partial charge is 0.331 e. The van der Waals surface area contributed by atoms with Gasteiger partial charge in [0.05, 0.1) is 11.0 Å². The monoisotopic (exact) mass is 425 g/mol. The van der Waals surface area contributed by atoms with Crippen molar-refractivity contribution in [1.82, 2.24) is 14.9 Å². The van der Waals surface area contributed by atoms with Gasteiger partial charge in [0.15, 0.2) is 11.9 Å². The zero-order chi connectivity index (χ0) is 22.0. The molecule has 2 aromatic carbocycles. The van der Waals surface area contributed by atoms with Crippen molar-refractivity contribution in [2.45, 2.75) is 38.5 Å². The summed E-state index contributed by atoms with van der Waals surface area (Å²) in [6, 6.07) is 13.6. The number of carbonyl (C=O) groups excluding carboxylic acids is 2. The molecular weight excluding hydrogens is 404 g/mol. The molecule has 1 fully saturated rings. The highest BCUT2D eigenvalue weighted by atomic mass is 19.3. The molecule has 1 N–H and O–H groups in total. The topological polar surface area (TPSA) is 73.2 Å². The Hall–Kier alpha value is -3.55. The fraction of sp³-hybridized carbons (Fsp3) is 0.261. The lowest BCUT2D eigenvalue weighted by molar-refractivity contribution is -0.143. The van der Waals surface area contributed by atoms with Crippen LogP contribution in [0.15, 0.2) is 54.6 Å². The van der Waals surface area contributed by atoms with Gasteiger partial charge < -0.3 is 10.1 Å². The molecule has 1 amide bonds. The zero-order valence-corrected chi connectivity index (χ0v) is 16.8. The van der Waals surface area contributed by atoms with Crippen LogP contribution in [0.2, 0.25) is 0 Å². The minimum atomic E-state index is -2.81. The maximum atomic E-state index is 13.6. The molecule has 1 atom stereocenters. The highest BCUT2D eigenvalue weighted by Gasteiger charge is 2.24. The lowest BCUT2D eigenvalue weighted by Gasteiger charge is -2.14. The Bertz CT molecular complexity index is 1130. The van der Waals surface area contributed by atoms with E-state index in [0.29, 0.717) is 16.6 Å². The molecule has 1 unspecified atom stereocenters. The number of imidazole rings is 1. The van der Waals surface area contributed by atoms with E-state index in [4.69, 9.17) is 4.74 Å². The molecule has 31 heavy (non-hydrogen) atoms. The maximum absolute atomic E-state index is 13.6. The summed E-state index contributed by atoms with van der Waals surface area (Å²) in [6.07, 6.45) is 3.81. The molecule has 4 rings (SSSR count). The van der Waals surface area contributed by atoms with Crippen LogP contribution in [0.25, 0.3) is 17.1 Å². The lowest BCUT2D eigenvalue weighted by Crippen LogP contribution is -2.25. The first-order chi connectivity index (χ1) is 14.9. The van der Waals surface area contributed by atoms with Gasteiger partial charge in [-0.3, -0.25) is 9.36 Å². The lowest BCUT2D eigenvalue weighted by atomic mass is 10.1. The van der Waals surface area contributed by atoms with E-state index in [1.807, 2.05) is 0 Å². The summed E-state index contributed by atoms with van der Waals surface area (Å²) in [5, 5.41) is 2.91. The van der Waals surface area contributed by atoms with Crippen LogP contribution in [0.5, 0.6) is 0 Å². The molecule has 0 saturated heterocycles. The second-order valence-corrected chi connectivity index (χ2v) is 7.39. The van der Waals surface area contributed by atoms with Gasteiger partial charge in [-0.15, -0.1) is 0 Å². The SMILES string of the molecule is CC(OC(=O)/C=C/c1ccc(C(=O)NC2CC2)cc1)c1nc2ccccc2n1C(F)F. The van der Waals surface area contributed by atoms with Gasteiger partial charge in [-0.1, -0.05) is 24.3 Å². The fourth-order valence-corrected chi connectivity index (χ4v) is 3.23.